The summed E-state index contributed by atoms with van der Waals surface area (Å²) in [5, 5.41) is 6.68. The van der Waals surface area contributed by atoms with Gasteiger partial charge in [0.2, 0.25) is 5.91 Å². The Morgan fingerprint density at radius 2 is 2.07 bits per heavy atom. The minimum atomic E-state index is 0.0927. The van der Waals surface area contributed by atoms with Crippen LogP contribution in [0.1, 0.15) is 41.4 Å². The summed E-state index contributed by atoms with van der Waals surface area (Å²) in [5.41, 5.74) is 3.07. The van der Waals surface area contributed by atoms with Crippen LogP contribution in [0.3, 0.4) is 0 Å². The van der Waals surface area contributed by atoms with Crippen molar-refractivity contribution >= 4 is 17.2 Å². The maximum atomic E-state index is 13.2. The molecule has 5 nitrogen and oxygen atoms in total. The molecule has 0 radical (unpaired) electrons. The van der Waals surface area contributed by atoms with Gasteiger partial charge in [-0.1, -0.05) is 19.9 Å². The van der Waals surface area contributed by atoms with E-state index in [1.165, 1.54) is 4.88 Å². The maximum Gasteiger partial charge on any atom is 0.227 e. The lowest BCUT2D eigenvalue weighted by Crippen LogP contribution is -2.31. The Bertz CT molecular complexity index is 828. The molecule has 0 N–H and O–H groups in total. The fourth-order valence-electron chi connectivity index (χ4n) is 3.19. The Hall–Kier alpha value is -2.34. The van der Waals surface area contributed by atoms with E-state index in [2.05, 4.69) is 31.9 Å². The summed E-state index contributed by atoms with van der Waals surface area (Å²) in [6.45, 7) is 10.3. The van der Waals surface area contributed by atoms with Crippen LogP contribution in [-0.2, 0) is 30.8 Å². The quantitative estimate of drug-likeness (QED) is 0.570. The Labute approximate surface area is 164 Å². The molecule has 0 saturated heterocycles. The van der Waals surface area contributed by atoms with Crippen LogP contribution in [-0.4, -0.2) is 20.6 Å². The monoisotopic (exact) mass is 385 g/mol. The first kappa shape index (κ1) is 19.4. The van der Waals surface area contributed by atoms with E-state index in [0.717, 1.165) is 29.3 Å². The topological polar surface area (TPSA) is 51.3 Å². The molecule has 3 aromatic heterocycles. The lowest BCUT2D eigenvalue weighted by Gasteiger charge is -2.21. The largest absolute Gasteiger partial charge is 0.467 e. The number of thiophene rings is 1. The Kier molecular flexibility index (Phi) is 6.16. The number of carbonyl (C=O) groups excluding carboxylic acids is 1. The summed E-state index contributed by atoms with van der Waals surface area (Å²) >= 11 is 1.66. The number of aromatic nitrogens is 2. The van der Waals surface area contributed by atoms with Crippen molar-refractivity contribution in [3.8, 4) is 0 Å². The molecule has 3 heterocycles. The number of carbonyl (C=O) groups is 1. The number of hydrogen-bond acceptors (Lipinski definition) is 4. The number of nitrogens with zero attached hydrogens (tertiary/aromatic N) is 3. The van der Waals surface area contributed by atoms with Crippen molar-refractivity contribution < 1.29 is 9.21 Å². The van der Waals surface area contributed by atoms with Crippen molar-refractivity contribution in [1.82, 2.24) is 14.7 Å². The number of furan rings is 1. The molecule has 0 aliphatic heterocycles. The van der Waals surface area contributed by atoms with Gasteiger partial charge in [-0.15, -0.1) is 11.3 Å². The zero-order valence-corrected chi connectivity index (χ0v) is 17.3. The van der Waals surface area contributed by atoms with Gasteiger partial charge in [-0.05, 0) is 43.3 Å². The molecular formula is C21H27N3O2S. The molecular weight excluding hydrogens is 358 g/mol. The SMILES string of the molecule is Cc1nn(CC(C)C)c(C)c1CC(=O)N(Cc1ccco1)Cc1cccs1. The standard InChI is InChI=1S/C21H27N3O2S/c1-15(2)12-24-17(4)20(16(3)22-24)11-21(25)23(13-18-7-5-9-26-18)14-19-8-6-10-27-19/h5-10,15H,11-14H2,1-4H3. The van der Waals surface area contributed by atoms with Gasteiger partial charge in [0, 0.05) is 22.7 Å². The number of amides is 1. The minimum absolute atomic E-state index is 0.0927. The zero-order valence-electron chi connectivity index (χ0n) is 16.4. The molecule has 0 aliphatic carbocycles. The van der Waals surface area contributed by atoms with Crippen LogP contribution in [0.15, 0.2) is 40.3 Å². The van der Waals surface area contributed by atoms with E-state index in [0.29, 0.717) is 25.4 Å². The van der Waals surface area contributed by atoms with Crippen LogP contribution >= 0.6 is 11.3 Å². The van der Waals surface area contributed by atoms with Gasteiger partial charge in [0.05, 0.1) is 31.5 Å². The highest BCUT2D eigenvalue weighted by molar-refractivity contribution is 7.09. The third-order valence-corrected chi connectivity index (χ3v) is 5.46. The van der Waals surface area contributed by atoms with Gasteiger partial charge in [-0.2, -0.15) is 5.10 Å². The first-order valence-electron chi connectivity index (χ1n) is 9.29. The molecule has 3 aromatic rings. The van der Waals surface area contributed by atoms with Crippen molar-refractivity contribution in [3.05, 3.63) is 63.5 Å². The van der Waals surface area contributed by atoms with Crippen molar-refractivity contribution in [2.75, 3.05) is 0 Å². The normalized spacial score (nSPS) is 11.3. The molecule has 0 fully saturated rings. The molecule has 0 bridgehead atoms. The number of aryl methyl sites for hydroxylation is 1. The highest BCUT2D eigenvalue weighted by atomic mass is 32.1. The zero-order chi connectivity index (χ0) is 19.4. The summed E-state index contributed by atoms with van der Waals surface area (Å²) < 4.78 is 7.50. The van der Waals surface area contributed by atoms with Crippen LogP contribution < -0.4 is 0 Å². The second-order valence-electron chi connectivity index (χ2n) is 7.31. The summed E-state index contributed by atoms with van der Waals surface area (Å²) in [5.74, 6) is 1.40. The number of rotatable bonds is 8. The van der Waals surface area contributed by atoms with E-state index >= 15 is 0 Å². The minimum Gasteiger partial charge on any atom is -0.467 e. The fraction of sp³-hybridized carbons (Fsp3) is 0.429. The third kappa shape index (κ3) is 4.89. The average molecular weight is 386 g/mol. The maximum absolute atomic E-state index is 13.2. The van der Waals surface area contributed by atoms with Gasteiger partial charge in [-0.3, -0.25) is 9.48 Å². The van der Waals surface area contributed by atoms with Crippen LogP contribution in [0, 0.1) is 19.8 Å². The van der Waals surface area contributed by atoms with Gasteiger partial charge in [0.1, 0.15) is 5.76 Å². The van der Waals surface area contributed by atoms with Crippen molar-refractivity contribution in [2.45, 2.75) is 53.8 Å². The lowest BCUT2D eigenvalue weighted by atomic mass is 10.1. The molecule has 0 aromatic carbocycles. The smallest absolute Gasteiger partial charge is 0.227 e. The molecule has 3 rings (SSSR count). The highest BCUT2D eigenvalue weighted by Crippen LogP contribution is 2.20. The molecule has 6 heteroatoms. The van der Waals surface area contributed by atoms with Gasteiger partial charge in [-0.25, -0.2) is 0 Å². The predicted octanol–water partition coefficient (Wildman–Crippen LogP) is 4.58. The first-order chi connectivity index (χ1) is 12.9. The summed E-state index contributed by atoms with van der Waals surface area (Å²) in [7, 11) is 0. The average Bonchev–Trinajstić information content (AvgIpc) is 3.34. The van der Waals surface area contributed by atoms with Crippen LogP contribution in [0.25, 0.3) is 0 Å². The third-order valence-electron chi connectivity index (χ3n) is 4.60. The number of hydrogen-bond donors (Lipinski definition) is 0. The van der Waals surface area contributed by atoms with E-state index in [4.69, 9.17) is 4.42 Å². The van der Waals surface area contributed by atoms with Crippen molar-refractivity contribution in [1.29, 1.82) is 0 Å². The molecule has 0 spiro atoms. The van der Waals surface area contributed by atoms with Crippen LogP contribution in [0.4, 0.5) is 0 Å². The van der Waals surface area contributed by atoms with Crippen molar-refractivity contribution in [2.24, 2.45) is 5.92 Å². The Morgan fingerprint density at radius 1 is 1.26 bits per heavy atom. The van der Waals surface area contributed by atoms with Gasteiger partial charge < -0.3 is 9.32 Å². The van der Waals surface area contributed by atoms with E-state index in [1.54, 1.807) is 17.6 Å². The summed E-state index contributed by atoms with van der Waals surface area (Å²) in [4.78, 5) is 16.2. The molecule has 0 unspecified atom stereocenters. The lowest BCUT2D eigenvalue weighted by molar-refractivity contribution is -0.132. The van der Waals surface area contributed by atoms with E-state index in [1.807, 2.05) is 40.1 Å². The second-order valence-corrected chi connectivity index (χ2v) is 8.34. The van der Waals surface area contributed by atoms with Crippen molar-refractivity contribution in [3.63, 3.8) is 0 Å². The van der Waals surface area contributed by atoms with Gasteiger partial charge >= 0.3 is 0 Å². The van der Waals surface area contributed by atoms with E-state index in [-0.39, 0.29) is 5.91 Å². The summed E-state index contributed by atoms with van der Waals surface area (Å²) in [6.07, 6.45) is 2.01. The first-order valence-corrected chi connectivity index (χ1v) is 10.2. The molecule has 0 atom stereocenters. The molecule has 0 aliphatic rings. The Morgan fingerprint density at radius 3 is 2.70 bits per heavy atom. The molecule has 144 valence electrons. The van der Waals surface area contributed by atoms with E-state index < -0.39 is 0 Å². The summed E-state index contributed by atoms with van der Waals surface area (Å²) in [6, 6.07) is 7.84. The van der Waals surface area contributed by atoms with E-state index in [9.17, 15) is 4.79 Å². The molecule has 1 amide bonds. The predicted molar refractivity (Wildman–Crippen MR) is 108 cm³/mol. The van der Waals surface area contributed by atoms with Gasteiger partial charge in [0.15, 0.2) is 0 Å². The highest BCUT2D eigenvalue weighted by Gasteiger charge is 2.21. The fourth-order valence-corrected chi connectivity index (χ4v) is 3.91. The van der Waals surface area contributed by atoms with Crippen LogP contribution in [0.2, 0.25) is 0 Å². The van der Waals surface area contributed by atoms with Crippen LogP contribution in [0.5, 0.6) is 0 Å². The van der Waals surface area contributed by atoms with Gasteiger partial charge in [0.25, 0.3) is 0 Å². The Balaban J connectivity index is 1.78. The molecule has 27 heavy (non-hydrogen) atoms. The second kappa shape index (κ2) is 8.57. The molecule has 0 saturated carbocycles.